The molecule has 1 amide bonds. The number of rotatable bonds is 8. The van der Waals surface area contributed by atoms with Gasteiger partial charge in [0, 0.05) is 6.54 Å². The summed E-state index contributed by atoms with van der Waals surface area (Å²) in [6.45, 7) is -0.184. The van der Waals surface area contributed by atoms with Crippen molar-refractivity contribution in [2.45, 2.75) is 6.54 Å². The number of esters is 1. The van der Waals surface area contributed by atoms with Gasteiger partial charge in [-0.25, -0.2) is 4.79 Å². The first kappa shape index (κ1) is 19.9. The number of methoxy groups -OCH3 is 3. The number of nitrogens with one attached hydrogen (secondary N) is 1. The minimum Gasteiger partial charge on any atom is -0.493 e. The van der Waals surface area contributed by atoms with Crippen LogP contribution in [0.1, 0.15) is 15.2 Å². The van der Waals surface area contributed by atoms with Crippen molar-refractivity contribution in [2.75, 3.05) is 27.9 Å². The molecule has 0 aliphatic carbocycles. The van der Waals surface area contributed by atoms with Crippen molar-refractivity contribution in [2.24, 2.45) is 0 Å². The highest BCUT2D eigenvalue weighted by molar-refractivity contribution is 7.17. The van der Waals surface area contributed by atoms with E-state index in [1.54, 1.807) is 24.3 Å². The van der Waals surface area contributed by atoms with Gasteiger partial charge in [-0.05, 0) is 29.8 Å². The second-order valence-electron chi connectivity index (χ2n) is 4.99. The van der Waals surface area contributed by atoms with E-state index in [1.807, 2.05) is 0 Å². The SMILES string of the molecule is COc1cc(CNC(=O)COC(=O)c2ccc(Cl)s2)cc(OC)c1OC. The van der Waals surface area contributed by atoms with Gasteiger partial charge in [0.15, 0.2) is 18.1 Å². The molecular formula is C17H18ClNO6S. The molecule has 0 spiro atoms. The van der Waals surface area contributed by atoms with Gasteiger partial charge in [0.05, 0.1) is 25.7 Å². The van der Waals surface area contributed by atoms with Crippen molar-refractivity contribution < 1.29 is 28.5 Å². The molecule has 0 aliphatic heterocycles. The maximum absolute atomic E-state index is 11.9. The van der Waals surface area contributed by atoms with Crippen LogP contribution in [-0.4, -0.2) is 39.8 Å². The van der Waals surface area contributed by atoms with Crippen molar-refractivity contribution >= 4 is 34.8 Å². The van der Waals surface area contributed by atoms with Crippen LogP contribution in [0.2, 0.25) is 4.34 Å². The fourth-order valence-corrected chi connectivity index (χ4v) is 3.05. The standard InChI is InChI=1S/C17H18ClNO6S/c1-22-11-6-10(7-12(23-2)16(11)24-3)8-19-15(20)9-25-17(21)13-4-5-14(18)26-13/h4-7H,8-9H2,1-3H3,(H,19,20). The quantitative estimate of drug-likeness (QED) is 0.687. The first-order valence-electron chi connectivity index (χ1n) is 7.46. The lowest BCUT2D eigenvalue weighted by Gasteiger charge is -2.14. The van der Waals surface area contributed by atoms with Crippen LogP contribution in [0.3, 0.4) is 0 Å². The molecule has 0 aliphatic rings. The smallest absolute Gasteiger partial charge is 0.348 e. The zero-order valence-electron chi connectivity index (χ0n) is 14.5. The van der Waals surface area contributed by atoms with Crippen LogP contribution >= 0.6 is 22.9 Å². The van der Waals surface area contributed by atoms with E-state index in [2.05, 4.69) is 5.32 Å². The van der Waals surface area contributed by atoms with Crippen molar-refractivity contribution in [3.05, 3.63) is 39.0 Å². The molecule has 1 N–H and O–H groups in total. The van der Waals surface area contributed by atoms with Gasteiger partial charge in [-0.2, -0.15) is 0 Å². The third-order valence-corrected chi connectivity index (χ3v) is 4.53. The molecule has 0 radical (unpaired) electrons. The largest absolute Gasteiger partial charge is 0.493 e. The lowest BCUT2D eigenvalue weighted by molar-refractivity contribution is -0.124. The lowest BCUT2D eigenvalue weighted by Crippen LogP contribution is -2.28. The molecule has 7 nitrogen and oxygen atoms in total. The maximum atomic E-state index is 11.9. The van der Waals surface area contributed by atoms with Gasteiger partial charge in [0.25, 0.3) is 5.91 Å². The van der Waals surface area contributed by atoms with E-state index in [1.165, 1.54) is 21.3 Å². The van der Waals surface area contributed by atoms with E-state index in [4.69, 9.17) is 30.5 Å². The van der Waals surface area contributed by atoms with Gasteiger partial charge in [-0.1, -0.05) is 11.6 Å². The first-order valence-corrected chi connectivity index (χ1v) is 8.66. The predicted octanol–water partition coefficient (Wildman–Crippen LogP) is 2.90. The number of amides is 1. The van der Waals surface area contributed by atoms with Crippen molar-refractivity contribution in [3.8, 4) is 17.2 Å². The Bertz CT molecular complexity index is 766. The number of carbonyl (C=O) groups is 2. The van der Waals surface area contributed by atoms with E-state index in [9.17, 15) is 9.59 Å². The number of carbonyl (C=O) groups excluding carboxylic acids is 2. The van der Waals surface area contributed by atoms with Crippen molar-refractivity contribution in [1.29, 1.82) is 0 Å². The third kappa shape index (κ3) is 5.03. The molecule has 2 rings (SSSR count). The summed E-state index contributed by atoms with van der Waals surface area (Å²) in [5, 5.41) is 2.66. The van der Waals surface area contributed by atoms with Crippen LogP contribution in [-0.2, 0) is 16.1 Å². The Labute approximate surface area is 159 Å². The van der Waals surface area contributed by atoms with Gasteiger partial charge in [-0.3, -0.25) is 4.79 Å². The van der Waals surface area contributed by atoms with Crippen LogP contribution in [0.15, 0.2) is 24.3 Å². The van der Waals surface area contributed by atoms with Crippen LogP contribution in [0.4, 0.5) is 0 Å². The Balaban J connectivity index is 1.91. The summed E-state index contributed by atoms with van der Waals surface area (Å²) >= 11 is 6.85. The maximum Gasteiger partial charge on any atom is 0.348 e. The normalized spacial score (nSPS) is 10.2. The highest BCUT2D eigenvalue weighted by Crippen LogP contribution is 2.38. The second-order valence-corrected chi connectivity index (χ2v) is 6.71. The molecule has 0 saturated carbocycles. The Morgan fingerprint density at radius 3 is 2.23 bits per heavy atom. The molecule has 0 fully saturated rings. The van der Waals surface area contributed by atoms with Gasteiger partial charge in [0.1, 0.15) is 4.88 Å². The Morgan fingerprint density at radius 1 is 1.08 bits per heavy atom. The second kappa shape index (κ2) is 9.30. The molecule has 26 heavy (non-hydrogen) atoms. The molecule has 1 aromatic heterocycles. The Hall–Kier alpha value is -2.45. The van der Waals surface area contributed by atoms with Crippen molar-refractivity contribution in [3.63, 3.8) is 0 Å². The van der Waals surface area contributed by atoms with Crippen LogP contribution in [0.25, 0.3) is 0 Å². The van der Waals surface area contributed by atoms with Crippen LogP contribution in [0.5, 0.6) is 17.2 Å². The third-order valence-electron chi connectivity index (χ3n) is 3.32. The summed E-state index contributed by atoms with van der Waals surface area (Å²) in [5.74, 6) is 0.405. The number of hydrogen-bond acceptors (Lipinski definition) is 7. The zero-order chi connectivity index (χ0) is 19.1. The molecule has 0 bridgehead atoms. The summed E-state index contributed by atoms with van der Waals surface area (Å²) < 4.78 is 21.2. The fourth-order valence-electron chi connectivity index (χ4n) is 2.12. The van der Waals surface area contributed by atoms with Gasteiger partial charge < -0.3 is 24.3 Å². The predicted molar refractivity (Wildman–Crippen MR) is 97.6 cm³/mol. The van der Waals surface area contributed by atoms with E-state index < -0.39 is 18.5 Å². The average molecular weight is 400 g/mol. The van der Waals surface area contributed by atoms with Crippen molar-refractivity contribution in [1.82, 2.24) is 5.32 Å². The summed E-state index contributed by atoms with van der Waals surface area (Å²) in [6, 6.07) is 6.58. The average Bonchev–Trinajstić information content (AvgIpc) is 3.09. The summed E-state index contributed by atoms with van der Waals surface area (Å²) in [5.41, 5.74) is 0.740. The first-order chi connectivity index (χ1) is 12.5. The Kier molecular flexibility index (Phi) is 7.11. The highest BCUT2D eigenvalue weighted by atomic mass is 35.5. The van der Waals surface area contributed by atoms with Gasteiger partial charge in [-0.15, -0.1) is 11.3 Å². The minimum absolute atomic E-state index is 0.206. The molecule has 140 valence electrons. The molecule has 1 aromatic carbocycles. The molecule has 9 heteroatoms. The molecular weight excluding hydrogens is 382 g/mol. The number of thiophene rings is 1. The number of benzene rings is 1. The monoisotopic (exact) mass is 399 g/mol. The lowest BCUT2D eigenvalue weighted by atomic mass is 10.1. The summed E-state index contributed by atoms with van der Waals surface area (Å²) in [4.78, 5) is 24.0. The van der Waals surface area contributed by atoms with Crippen LogP contribution < -0.4 is 19.5 Å². The van der Waals surface area contributed by atoms with E-state index >= 15 is 0 Å². The fraction of sp³-hybridized carbons (Fsp3) is 0.294. The molecule has 0 atom stereocenters. The number of ether oxygens (including phenoxy) is 4. The van der Waals surface area contributed by atoms with Crippen LogP contribution in [0, 0.1) is 0 Å². The van der Waals surface area contributed by atoms with Gasteiger partial charge >= 0.3 is 5.97 Å². The molecule has 0 saturated heterocycles. The summed E-state index contributed by atoms with van der Waals surface area (Å²) in [7, 11) is 4.53. The number of hydrogen-bond donors (Lipinski definition) is 1. The number of halogens is 1. The Morgan fingerprint density at radius 2 is 1.73 bits per heavy atom. The highest BCUT2D eigenvalue weighted by Gasteiger charge is 2.15. The van der Waals surface area contributed by atoms with E-state index in [-0.39, 0.29) is 6.54 Å². The molecule has 0 unspecified atom stereocenters. The van der Waals surface area contributed by atoms with E-state index in [0.717, 1.165) is 16.9 Å². The zero-order valence-corrected chi connectivity index (χ0v) is 16.0. The summed E-state index contributed by atoms with van der Waals surface area (Å²) in [6.07, 6.45) is 0. The van der Waals surface area contributed by atoms with Gasteiger partial charge in [0.2, 0.25) is 5.75 Å². The molecule has 2 aromatic rings. The molecule has 1 heterocycles. The van der Waals surface area contributed by atoms with E-state index in [0.29, 0.717) is 26.5 Å². The topological polar surface area (TPSA) is 83.1 Å². The minimum atomic E-state index is -0.593.